The van der Waals surface area contributed by atoms with Crippen LogP contribution < -0.4 is 15.5 Å². The van der Waals surface area contributed by atoms with Gasteiger partial charge < -0.3 is 14.6 Å². The summed E-state index contributed by atoms with van der Waals surface area (Å²) in [6.07, 6.45) is 11.8. The van der Waals surface area contributed by atoms with E-state index in [9.17, 15) is 4.79 Å². The quantitative estimate of drug-likeness (QED) is 0.477. The predicted molar refractivity (Wildman–Crippen MR) is 127 cm³/mol. The van der Waals surface area contributed by atoms with E-state index in [1.54, 1.807) is 30.5 Å². The molecule has 1 N–H and O–H groups in total. The predicted octanol–water partition coefficient (Wildman–Crippen LogP) is 6.66. The first-order valence-electron chi connectivity index (χ1n) is 12.0. The number of ether oxygens (including phenoxy) is 1. The zero-order valence-corrected chi connectivity index (χ0v) is 18.6. The third-order valence-electron chi connectivity index (χ3n) is 6.98. The van der Waals surface area contributed by atoms with Crippen molar-refractivity contribution in [2.24, 2.45) is 0 Å². The molecule has 0 aliphatic heterocycles. The average molecular weight is 446 g/mol. The molecule has 0 radical (unpaired) electrons. The van der Waals surface area contributed by atoms with Gasteiger partial charge in [-0.3, -0.25) is 4.79 Å². The third-order valence-corrected chi connectivity index (χ3v) is 6.98. The highest BCUT2D eigenvalue weighted by atomic mass is 19.1. The minimum Gasteiger partial charge on any atom is -0.452 e. The van der Waals surface area contributed by atoms with Crippen LogP contribution in [-0.2, 0) is 0 Å². The minimum absolute atomic E-state index is 0.173. The summed E-state index contributed by atoms with van der Waals surface area (Å²) in [7, 11) is 0. The lowest BCUT2D eigenvalue weighted by atomic mass is 9.95. The van der Waals surface area contributed by atoms with Gasteiger partial charge in [0.2, 0.25) is 5.43 Å². The highest BCUT2D eigenvalue weighted by Crippen LogP contribution is 2.35. The van der Waals surface area contributed by atoms with Crippen LogP contribution in [0.4, 0.5) is 10.1 Å². The van der Waals surface area contributed by atoms with E-state index in [0.717, 1.165) is 56.9 Å². The second-order valence-corrected chi connectivity index (χ2v) is 9.23. The van der Waals surface area contributed by atoms with Gasteiger partial charge in [0.15, 0.2) is 5.75 Å². The molecule has 2 aliphatic carbocycles. The molecule has 2 aliphatic rings. The number of nitriles is 1. The summed E-state index contributed by atoms with van der Waals surface area (Å²) in [6, 6.07) is 12.4. The van der Waals surface area contributed by atoms with Crippen LogP contribution in [0.1, 0.15) is 69.4 Å². The Bertz CT molecular complexity index is 1250. The van der Waals surface area contributed by atoms with Gasteiger partial charge in [-0.15, -0.1) is 0 Å². The number of pyridine rings is 1. The number of aromatic nitrogens is 1. The summed E-state index contributed by atoms with van der Waals surface area (Å²) in [5.41, 5.74) is 1.41. The van der Waals surface area contributed by atoms with Crippen LogP contribution in [0.15, 0.2) is 47.4 Å². The molecule has 0 bridgehead atoms. The van der Waals surface area contributed by atoms with Gasteiger partial charge in [0, 0.05) is 12.1 Å². The Hall–Kier alpha value is -3.33. The monoisotopic (exact) mass is 445 g/mol. The maximum Gasteiger partial charge on any atom is 0.231 e. The van der Waals surface area contributed by atoms with E-state index in [2.05, 4.69) is 16.0 Å². The molecule has 2 aromatic carbocycles. The Kier molecular flexibility index (Phi) is 6.04. The molecular weight excluding hydrogens is 417 g/mol. The molecule has 0 unspecified atom stereocenters. The molecule has 33 heavy (non-hydrogen) atoms. The maximum atomic E-state index is 15.1. The molecule has 2 fully saturated rings. The number of hydrogen-bond donors (Lipinski definition) is 1. The van der Waals surface area contributed by atoms with Crippen LogP contribution >= 0.6 is 0 Å². The minimum atomic E-state index is -0.404. The first-order chi connectivity index (χ1) is 16.1. The molecule has 1 aromatic heterocycles. The van der Waals surface area contributed by atoms with Gasteiger partial charge in [0.05, 0.1) is 34.4 Å². The van der Waals surface area contributed by atoms with Crippen molar-refractivity contribution < 1.29 is 9.13 Å². The molecular formula is C27H28FN3O2. The molecule has 1 heterocycles. The summed E-state index contributed by atoms with van der Waals surface area (Å²) in [4.78, 5) is 13.3. The van der Waals surface area contributed by atoms with Gasteiger partial charge >= 0.3 is 0 Å². The van der Waals surface area contributed by atoms with E-state index in [-0.39, 0.29) is 23.3 Å². The van der Waals surface area contributed by atoms with Crippen molar-refractivity contribution in [2.45, 2.75) is 69.9 Å². The van der Waals surface area contributed by atoms with E-state index < -0.39 is 5.82 Å². The fraction of sp³-hybridized carbons (Fsp3) is 0.407. The van der Waals surface area contributed by atoms with E-state index in [4.69, 9.17) is 10.00 Å². The number of nitrogens with one attached hydrogen (secondary N) is 1. The number of rotatable bonds is 5. The van der Waals surface area contributed by atoms with Crippen molar-refractivity contribution in [3.8, 4) is 17.6 Å². The standard InChI is InChI=1S/C27H28FN3O2/c28-23-14-22-25(15-24(23)30-19-6-2-1-3-7-19)31(20-8-4-5-9-20)17-26(27(22)32)33-21-12-10-18(16-29)11-13-21/h10-15,17,19-20,30H,1-9H2. The SMILES string of the molecule is N#Cc1ccc(Oc2cn(C3CCCC3)c3cc(NC4CCCCC4)c(F)cc3c2=O)cc1. The highest BCUT2D eigenvalue weighted by Gasteiger charge is 2.23. The Morgan fingerprint density at radius 3 is 2.39 bits per heavy atom. The number of fused-ring (bicyclic) bond motifs is 1. The third kappa shape index (κ3) is 4.45. The van der Waals surface area contributed by atoms with E-state index in [1.165, 1.54) is 12.5 Å². The molecule has 0 saturated heterocycles. The largest absolute Gasteiger partial charge is 0.452 e. The van der Waals surface area contributed by atoms with Crippen molar-refractivity contribution in [3.63, 3.8) is 0 Å². The van der Waals surface area contributed by atoms with Crippen LogP contribution in [-0.4, -0.2) is 10.6 Å². The van der Waals surface area contributed by atoms with Gasteiger partial charge in [-0.1, -0.05) is 32.1 Å². The van der Waals surface area contributed by atoms with E-state index in [1.807, 2.05) is 6.07 Å². The highest BCUT2D eigenvalue weighted by molar-refractivity contribution is 5.84. The summed E-state index contributed by atoms with van der Waals surface area (Å²) < 4.78 is 23.2. The normalized spacial score (nSPS) is 17.2. The van der Waals surface area contributed by atoms with Crippen LogP contribution in [0, 0.1) is 17.1 Å². The Labute approximate surface area is 192 Å². The second kappa shape index (κ2) is 9.27. The van der Waals surface area contributed by atoms with Crippen molar-refractivity contribution >= 4 is 16.6 Å². The van der Waals surface area contributed by atoms with E-state index >= 15 is 4.39 Å². The lowest BCUT2D eigenvalue weighted by molar-refractivity contribution is 0.458. The fourth-order valence-electron chi connectivity index (χ4n) is 5.20. The molecule has 170 valence electrons. The van der Waals surface area contributed by atoms with Crippen molar-refractivity contribution in [2.75, 3.05) is 5.32 Å². The van der Waals surface area contributed by atoms with Crippen molar-refractivity contribution in [1.82, 2.24) is 4.57 Å². The summed E-state index contributed by atoms with van der Waals surface area (Å²) >= 11 is 0. The maximum absolute atomic E-state index is 15.1. The molecule has 0 amide bonds. The zero-order valence-electron chi connectivity index (χ0n) is 18.6. The number of nitrogens with zero attached hydrogens (tertiary/aromatic N) is 2. The lowest BCUT2D eigenvalue weighted by Crippen LogP contribution is -2.23. The van der Waals surface area contributed by atoms with Crippen LogP contribution in [0.5, 0.6) is 11.5 Å². The van der Waals surface area contributed by atoms with Gasteiger partial charge in [-0.05, 0) is 62.1 Å². The molecule has 6 heteroatoms. The van der Waals surface area contributed by atoms with Crippen molar-refractivity contribution in [3.05, 3.63) is 64.2 Å². The summed E-state index contributed by atoms with van der Waals surface area (Å²) in [5.74, 6) is 0.240. The van der Waals surface area contributed by atoms with Gasteiger partial charge in [0.25, 0.3) is 0 Å². The van der Waals surface area contributed by atoms with Gasteiger partial charge in [-0.25, -0.2) is 4.39 Å². The van der Waals surface area contributed by atoms with Gasteiger partial charge in [-0.2, -0.15) is 5.26 Å². The average Bonchev–Trinajstić information content (AvgIpc) is 3.38. The molecule has 0 atom stereocenters. The number of halogens is 1. The first kappa shape index (κ1) is 21.5. The smallest absolute Gasteiger partial charge is 0.231 e. The first-order valence-corrected chi connectivity index (χ1v) is 12.0. The van der Waals surface area contributed by atoms with Gasteiger partial charge in [0.1, 0.15) is 11.6 Å². The molecule has 5 nitrogen and oxygen atoms in total. The molecule has 0 spiro atoms. The van der Waals surface area contributed by atoms with Crippen molar-refractivity contribution in [1.29, 1.82) is 5.26 Å². The zero-order chi connectivity index (χ0) is 22.8. The van der Waals surface area contributed by atoms with Crippen LogP contribution in [0.2, 0.25) is 0 Å². The summed E-state index contributed by atoms with van der Waals surface area (Å²) in [6.45, 7) is 0. The molecule has 2 saturated carbocycles. The molecule has 3 aromatic rings. The molecule has 5 rings (SSSR count). The fourth-order valence-corrected chi connectivity index (χ4v) is 5.20. The summed E-state index contributed by atoms with van der Waals surface area (Å²) in [5, 5.41) is 12.7. The Balaban J connectivity index is 1.57. The lowest BCUT2D eigenvalue weighted by Gasteiger charge is -2.25. The Morgan fingerprint density at radius 2 is 1.70 bits per heavy atom. The van der Waals surface area contributed by atoms with Crippen LogP contribution in [0.3, 0.4) is 0 Å². The number of benzene rings is 2. The second-order valence-electron chi connectivity index (χ2n) is 9.23. The topological polar surface area (TPSA) is 67.0 Å². The van der Waals surface area contributed by atoms with E-state index in [0.29, 0.717) is 22.4 Å². The van der Waals surface area contributed by atoms with Crippen LogP contribution in [0.25, 0.3) is 10.9 Å². The number of anilines is 1. The number of hydrogen-bond acceptors (Lipinski definition) is 4. The Morgan fingerprint density at radius 1 is 1.00 bits per heavy atom.